The smallest absolute Gasteiger partial charge is 0.222 e. The van der Waals surface area contributed by atoms with Crippen molar-refractivity contribution in [2.45, 2.75) is 13.5 Å². The average molecular weight is 386 g/mol. The summed E-state index contributed by atoms with van der Waals surface area (Å²) in [5.74, 6) is -0.238. The maximum atomic E-state index is 14.3. The number of hydrogen-bond acceptors (Lipinski definition) is 5. The quantitative estimate of drug-likeness (QED) is 0.576. The lowest BCUT2D eigenvalue weighted by Crippen LogP contribution is -2.09. The van der Waals surface area contributed by atoms with E-state index >= 15 is 0 Å². The first-order valence-corrected chi connectivity index (χ1v) is 8.41. The van der Waals surface area contributed by atoms with E-state index in [-0.39, 0.29) is 24.0 Å². The minimum absolute atomic E-state index is 0.119. The Balaban J connectivity index is 1.91. The van der Waals surface area contributed by atoms with E-state index in [0.29, 0.717) is 21.9 Å². The molecule has 2 aromatic carbocycles. The molecule has 9 heteroatoms. The van der Waals surface area contributed by atoms with E-state index in [0.717, 1.165) is 5.52 Å². The minimum atomic E-state index is -0.424. The molecule has 4 aromatic rings. The summed E-state index contributed by atoms with van der Waals surface area (Å²) in [6.07, 6.45) is 0. The summed E-state index contributed by atoms with van der Waals surface area (Å²) in [6, 6.07) is 11.9. The molecule has 1 N–H and O–H groups in total. The number of nitrogens with zero attached hydrogens (tertiary/aromatic N) is 4. The Labute approximate surface area is 157 Å². The van der Waals surface area contributed by atoms with E-state index in [1.807, 2.05) is 24.3 Å². The maximum absolute atomic E-state index is 14.3. The number of anilines is 1. The highest BCUT2D eigenvalue weighted by molar-refractivity contribution is 6.31. The van der Waals surface area contributed by atoms with Gasteiger partial charge in [-0.1, -0.05) is 29.8 Å². The van der Waals surface area contributed by atoms with Crippen LogP contribution < -0.4 is 5.32 Å². The van der Waals surface area contributed by atoms with E-state index in [9.17, 15) is 9.18 Å². The van der Waals surface area contributed by atoms with Gasteiger partial charge in [0.2, 0.25) is 11.7 Å². The summed E-state index contributed by atoms with van der Waals surface area (Å²) in [5.41, 5.74) is 2.00. The molecule has 0 atom stereocenters. The van der Waals surface area contributed by atoms with Crippen molar-refractivity contribution in [3.8, 4) is 11.5 Å². The fraction of sp³-hybridized carbons (Fsp3) is 0.111. The predicted octanol–water partition coefficient (Wildman–Crippen LogP) is 3.89. The summed E-state index contributed by atoms with van der Waals surface area (Å²) in [5, 5.41) is 10.4. The van der Waals surface area contributed by atoms with E-state index in [1.54, 1.807) is 16.7 Å². The Morgan fingerprint density at radius 1 is 1.22 bits per heavy atom. The largest absolute Gasteiger partial charge is 0.318 e. The zero-order chi connectivity index (χ0) is 19.0. The van der Waals surface area contributed by atoms with Gasteiger partial charge in [-0.15, -0.1) is 0 Å². The summed E-state index contributed by atoms with van der Waals surface area (Å²) < 4.78 is 20.9. The molecule has 136 valence electrons. The Kier molecular flexibility index (Phi) is 4.33. The normalized spacial score (nSPS) is 11.1. The molecule has 0 fully saturated rings. The van der Waals surface area contributed by atoms with Gasteiger partial charge in [-0.25, -0.2) is 14.0 Å². The van der Waals surface area contributed by atoms with Crippen molar-refractivity contribution < 1.29 is 13.8 Å². The highest BCUT2D eigenvalue weighted by atomic mass is 35.5. The Morgan fingerprint density at radius 3 is 2.81 bits per heavy atom. The van der Waals surface area contributed by atoms with Crippen LogP contribution in [0.4, 0.5) is 10.2 Å². The van der Waals surface area contributed by atoms with Gasteiger partial charge >= 0.3 is 0 Å². The Hall–Kier alpha value is -3.26. The molecular weight excluding hydrogens is 373 g/mol. The van der Waals surface area contributed by atoms with E-state index in [1.165, 1.54) is 13.0 Å². The molecular formula is C18H13ClFN5O2. The third-order valence-electron chi connectivity index (χ3n) is 4.03. The van der Waals surface area contributed by atoms with Gasteiger partial charge in [0.25, 0.3) is 0 Å². The van der Waals surface area contributed by atoms with Crippen molar-refractivity contribution in [1.29, 1.82) is 0 Å². The van der Waals surface area contributed by atoms with Gasteiger partial charge in [0.15, 0.2) is 11.5 Å². The summed E-state index contributed by atoms with van der Waals surface area (Å²) in [7, 11) is 0. The topological polar surface area (TPSA) is 85.8 Å². The maximum Gasteiger partial charge on any atom is 0.222 e. The van der Waals surface area contributed by atoms with Gasteiger partial charge in [0.1, 0.15) is 5.82 Å². The molecule has 0 aliphatic heterocycles. The minimum Gasteiger partial charge on any atom is -0.318 e. The number of carbonyl (C=O) groups is 1. The van der Waals surface area contributed by atoms with Crippen LogP contribution in [0.2, 0.25) is 5.02 Å². The van der Waals surface area contributed by atoms with Crippen molar-refractivity contribution in [2.24, 2.45) is 0 Å². The zero-order valence-corrected chi connectivity index (χ0v) is 14.9. The lowest BCUT2D eigenvalue weighted by atomic mass is 10.2. The monoisotopic (exact) mass is 385 g/mol. The first kappa shape index (κ1) is 17.2. The number of carbonyl (C=O) groups excluding carboxylic acids is 1. The van der Waals surface area contributed by atoms with Crippen LogP contribution in [0.25, 0.3) is 22.6 Å². The van der Waals surface area contributed by atoms with Gasteiger partial charge < -0.3 is 9.88 Å². The molecule has 0 radical (unpaired) electrons. The van der Waals surface area contributed by atoms with Crippen LogP contribution in [0.1, 0.15) is 12.5 Å². The van der Waals surface area contributed by atoms with Gasteiger partial charge in [-0.2, -0.15) is 0 Å². The third-order valence-corrected chi connectivity index (χ3v) is 4.38. The molecule has 0 saturated heterocycles. The van der Waals surface area contributed by atoms with Crippen molar-refractivity contribution in [3.05, 3.63) is 58.9 Å². The van der Waals surface area contributed by atoms with Crippen LogP contribution in [0.3, 0.4) is 0 Å². The van der Waals surface area contributed by atoms with Gasteiger partial charge in [0, 0.05) is 17.5 Å². The molecule has 7 nitrogen and oxygen atoms in total. The van der Waals surface area contributed by atoms with E-state index in [2.05, 4.69) is 20.6 Å². The van der Waals surface area contributed by atoms with Crippen LogP contribution in [-0.4, -0.2) is 25.8 Å². The molecule has 0 aliphatic rings. The standard InChI is InChI=1S/C18H13ClFN5O2/c1-10(26)21-17-16(23-27-24-17)18-22-14-7-2-3-8-15(14)25(18)9-11-12(19)5-4-6-13(11)20/h2-8H,9H2,1H3,(H,21,24,26). The molecule has 0 saturated carbocycles. The SMILES string of the molecule is CC(=O)Nc1nonc1-c1nc2ccccc2n1Cc1c(F)cccc1Cl. The number of fused-ring (bicyclic) bond motifs is 1. The van der Waals surface area contributed by atoms with E-state index in [4.69, 9.17) is 16.2 Å². The molecule has 0 unspecified atom stereocenters. The predicted molar refractivity (Wildman–Crippen MR) is 97.8 cm³/mol. The molecule has 0 spiro atoms. The van der Waals surface area contributed by atoms with Crippen molar-refractivity contribution in [3.63, 3.8) is 0 Å². The van der Waals surface area contributed by atoms with Gasteiger partial charge in [-0.05, 0) is 34.6 Å². The van der Waals surface area contributed by atoms with Crippen LogP contribution in [0, 0.1) is 5.82 Å². The van der Waals surface area contributed by atoms with E-state index < -0.39 is 5.82 Å². The second-order valence-electron chi connectivity index (χ2n) is 5.85. The van der Waals surface area contributed by atoms with Gasteiger partial charge in [0.05, 0.1) is 17.6 Å². The zero-order valence-electron chi connectivity index (χ0n) is 14.1. The first-order valence-electron chi connectivity index (χ1n) is 8.03. The summed E-state index contributed by atoms with van der Waals surface area (Å²) in [6.45, 7) is 1.47. The number of nitrogens with one attached hydrogen (secondary N) is 1. The number of para-hydroxylation sites is 2. The second kappa shape index (κ2) is 6.81. The molecule has 4 rings (SSSR count). The van der Waals surface area contributed by atoms with Crippen LogP contribution >= 0.6 is 11.6 Å². The molecule has 0 aliphatic carbocycles. The number of halogens is 2. The number of benzene rings is 2. The lowest BCUT2D eigenvalue weighted by molar-refractivity contribution is -0.114. The number of rotatable bonds is 4. The van der Waals surface area contributed by atoms with Crippen LogP contribution in [0.15, 0.2) is 47.1 Å². The Bertz CT molecular complexity index is 1130. The Morgan fingerprint density at radius 2 is 2.04 bits per heavy atom. The fourth-order valence-corrected chi connectivity index (χ4v) is 3.06. The van der Waals surface area contributed by atoms with Crippen molar-refractivity contribution in [2.75, 3.05) is 5.32 Å². The molecule has 0 bridgehead atoms. The highest BCUT2D eigenvalue weighted by Crippen LogP contribution is 2.30. The number of amides is 1. The van der Waals surface area contributed by atoms with Gasteiger partial charge in [-0.3, -0.25) is 4.79 Å². The molecule has 2 heterocycles. The number of hydrogen-bond donors (Lipinski definition) is 1. The molecule has 27 heavy (non-hydrogen) atoms. The summed E-state index contributed by atoms with van der Waals surface area (Å²) >= 11 is 6.20. The number of aromatic nitrogens is 4. The second-order valence-corrected chi connectivity index (χ2v) is 6.26. The van der Waals surface area contributed by atoms with Crippen LogP contribution in [-0.2, 0) is 11.3 Å². The van der Waals surface area contributed by atoms with Crippen LogP contribution in [0.5, 0.6) is 0 Å². The van der Waals surface area contributed by atoms with Crippen molar-refractivity contribution >= 4 is 34.4 Å². The highest BCUT2D eigenvalue weighted by Gasteiger charge is 2.22. The molecule has 2 aromatic heterocycles. The molecule has 1 amide bonds. The lowest BCUT2D eigenvalue weighted by Gasteiger charge is -2.11. The summed E-state index contributed by atoms with van der Waals surface area (Å²) in [4.78, 5) is 16.0. The number of imidazole rings is 1. The van der Waals surface area contributed by atoms with Crippen molar-refractivity contribution in [1.82, 2.24) is 19.9 Å². The average Bonchev–Trinajstić information content (AvgIpc) is 3.22. The fourth-order valence-electron chi connectivity index (χ4n) is 2.84. The third kappa shape index (κ3) is 3.15. The first-order chi connectivity index (χ1) is 13.0.